The van der Waals surface area contributed by atoms with Crippen LogP contribution in [-0.4, -0.2) is 85.1 Å². The molecule has 29 heavy (non-hydrogen) atoms. The highest BCUT2D eigenvalue weighted by Crippen LogP contribution is 2.33. The first-order valence-corrected chi connectivity index (χ1v) is 10.5. The van der Waals surface area contributed by atoms with Crippen LogP contribution in [0, 0.1) is 0 Å². The van der Waals surface area contributed by atoms with Crippen LogP contribution < -0.4 is 9.80 Å². The molecule has 0 aliphatic carbocycles. The standard InChI is InChI=1S/C20H24Cl2N6O/c1-25-5-7-27(8-6-25)18-13-16(23-14-24-18)20(29)28-11-9-26(10-12-28)17-4-2-3-15(21)19(17)22/h2-4,13-14H,5-12H2,1H3. The van der Waals surface area contributed by atoms with Gasteiger partial charge >= 0.3 is 0 Å². The van der Waals surface area contributed by atoms with Gasteiger partial charge in [0.25, 0.3) is 5.91 Å². The number of anilines is 2. The fourth-order valence-electron chi connectivity index (χ4n) is 3.72. The SMILES string of the molecule is CN1CCN(c2cc(C(=O)N3CCN(c4cccc(Cl)c4Cl)CC3)ncn2)CC1. The molecule has 9 heteroatoms. The van der Waals surface area contributed by atoms with E-state index in [9.17, 15) is 4.79 Å². The molecule has 2 aliphatic heterocycles. The first kappa shape index (κ1) is 20.2. The van der Waals surface area contributed by atoms with Crippen molar-refractivity contribution in [3.63, 3.8) is 0 Å². The third-order valence-electron chi connectivity index (χ3n) is 5.54. The first-order chi connectivity index (χ1) is 14.0. The molecule has 0 N–H and O–H groups in total. The normalized spacial score (nSPS) is 18.2. The van der Waals surface area contributed by atoms with Crippen LogP contribution in [0.3, 0.4) is 0 Å². The summed E-state index contributed by atoms with van der Waals surface area (Å²) in [6.45, 7) is 6.39. The number of carbonyl (C=O) groups excluding carboxylic acids is 1. The number of nitrogens with zero attached hydrogens (tertiary/aromatic N) is 6. The van der Waals surface area contributed by atoms with Crippen LogP contribution in [-0.2, 0) is 0 Å². The maximum Gasteiger partial charge on any atom is 0.272 e. The van der Waals surface area contributed by atoms with E-state index in [0.717, 1.165) is 37.7 Å². The Kier molecular flexibility index (Phi) is 6.08. The highest BCUT2D eigenvalue weighted by atomic mass is 35.5. The quantitative estimate of drug-likeness (QED) is 0.739. The lowest BCUT2D eigenvalue weighted by molar-refractivity contribution is 0.0740. The van der Waals surface area contributed by atoms with Crippen LogP contribution in [0.15, 0.2) is 30.6 Å². The van der Waals surface area contributed by atoms with Gasteiger partial charge in [-0.1, -0.05) is 29.3 Å². The molecule has 1 amide bonds. The summed E-state index contributed by atoms with van der Waals surface area (Å²) in [5.74, 6) is 0.764. The Bertz CT molecular complexity index is 879. The minimum absolute atomic E-state index is 0.0559. The zero-order valence-corrected chi connectivity index (χ0v) is 17.9. The molecule has 2 aromatic rings. The summed E-state index contributed by atoms with van der Waals surface area (Å²) >= 11 is 12.5. The lowest BCUT2D eigenvalue weighted by atomic mass is 10.2. The van der Waals surface area contributed by atoms with Crippen LogP contribution in [0.25, 0.3) is 0 Å². The average Bonchev–Trinajstić information content (AvgIpc) is 2.76. The summed E-state index contributed by atoms with van der Waals surface area (Å²) in [6, 6.07) is 7.44. The number of rotatable bonds is 3. The fraction of sp³-hybridized carbons (Fsp3) is 0.450. The molecule has 7 nitrogen and oxygen atoms in total. The average molecular weight is 435 g/mol. The topological polar surface area (TPSA) is 55.8 Å². The van der Waals surface area contributed by atoms with Gasteiger partial charge in [-0.25, -0.2) is 9.97 Å². The Morgan fingerprint density at radius 3 is 2.34 bits per heavy atom. The number of aromatic nitrogens is 2. The molecule has 1 aromatic carbocycles. The molecule has 0 unspecified atom stereocenters. The van der Waals surface area contributed by atoms with Gasteiger partial charge in [0.1, 0.15) is 17.8 Å². The number of amides is 1. The molecular formula is C20H24Cl2N6O. The molecule has 0 radical (unpaired) electrons. The van der Waals surface area contributed by atoms with Crippen LogP contribution in [0.2, 0.25) is 10.0 Å². The van der Waals surface area contributed by atoms with Gasteiger partial charge in [-0.05, 0) is 19.2 Å². The largest absolute Gasteiger partial charge is 0.367 e. The lowest BCUT2D eigenvalue weighted by Gasteiger charge is -2.36. The fourth-order valence-corrected chi connectivity index (χ4v) is 4.14. The van der Waals surface area contributed by atoms with E-state index >= 15 is 0 Å². The predicted molar refractivity (Wildman–Crippen MR) is 116 cm³/mol. The summed E-state index contributed by atoms with van der Waals surface area (Å²) in [6.07, 6.45) is 1.49. The molecule has 3 heterocycles. The second-order valence-electron chi connectivity index (χ2n) is 7.40. The molecule has 0 atom stereocenters. The summed E-state index contributed by atoms with van der Waals surface area (Å²) in [7, 11) is 2.11. The number of piperazine rings is 2. The van der Waals surface area contributed by atoms with E-state index in [0.29, 0.717) is 41.9 Å². The minimum Gasteiger partial charge on any atom is -0.367 e. The van der Waals surface area contributed by atoms with Crippen molar-refractivity contribution in [2.75, 3.05) is 69.2 Å². The molecule has 154 valence electrons. The predicted octanol–water partition coefficient (Wildman–Crippen LogP) is 2.50. The Balaban J connectivity index is 1.41. The minimum atomic E-state index is -0.0559. The van der Waals surface area contributed by atoms with E-state index in [1.807, 2.05) is 23.1 Å². The Morgan fingerprint density at radius 1 is 0.931 bits per heavy atom. The van der Waals surface area contributed by atoms with E-state index in [4.69, 9.17) is 23.2 Å². The van der Waals surface area contributed by atoms with Crippen molar-refractivity contribution in [1.29, 1.82) is 0 Å². The van der Waals surface area contributed by atoms with E-state index in [2.05, 4.69) is 31.7 Å². The molecule has 2 fully saturated rings. The van der Waals surface area contributed by atoms with Crippen molar-refractivity contribution in [2.45, 2.75) is 0 Å². The molecule has 0 spiro atoms. The van der Waals surface area contributed by atoms with Gasteiger partial charge in [-0.15, -0.1) is 0 Å². The number of hydrogen-bond acceptors (Lipinski definition) is 6. The van der Waals surface area contributed by atoms with Crippen molar-refractivity contribution in [3.05, 3.63) is 46.3 Å². The molecular weight excluding hydrogens is 411 g/mol. The van der Waals surface area contributed by atoms with Gasteiger partial charge in [0, 0.05) is 58.4 Å². The smallest absolute Gasteiger partial charge is 0.272 e. The lowest BCUT2D eigenvalue weighted by Crippen LogP contribution is -2.49. The van der Waals surface area contributed by atoms with E-state index in [1.165, 1.54) is 6.33 Å². The Morgan fingerprint density at radius 2 is 1.62 bits per heavy atom. The van der Waals surface area contributed by atoms with Crippen molar-refractivity contribution in [2.24, 2.45) is 0 Å². The number of halogens is 2. The molecule has 4 rings (SSSR count). The number of benzene rings is 1. The van der Waals surface area contributed by atoms with Gasteiger partial charge in [0.2, 0.25) is 0 Å². The number of likely N-dealkylation sites (N-methyl/N-ethyl adjacent to an activating group) is 1. The zero-order valence-electron chi connectivity index (χ0n) is 16.4. The van der Waals surface area contributed by atoms with Gasteiger partial charge in [0.15, 0.2) is 0 Å². The number of carbonyl (C=O) groups is 1. The summed E-state index contributed by atoms with van der Waals surface area (Å²) in [5.41, 5.74) is 1.36. The van der Waals surface area contributed by atoms with Crippen LogP contribution in [0.4, 0.5) is 11.5 Å². The third kappa shape index (κ3) is 4.42. The van der Waals surface area contributed by atoms with Gasteiger partial charge in [-0.2, -0.15) is 0 Å². The highest BCUT2D eigenvalue weighted by molar-refractivity contribution is 6.43. The van der Waals surface area contributed by atoms with Crippen LogP contribution in [0.1, 0.15) is 10.5 Å². The summed E-state index contributed by atoms with van der Waals surface area (Å²) in [4.78, 5) is 30.1. The summed E-state index contributed by atoms with van der Waals surface area (Å²) in [5, 5.41) is 1.10. The maximum absolute atomic E-state index is 13.0. The van der Waals surface area contributed by atoms with Crippen LogP contribution in [0.5, 0.6) is 0 Å². The molecule has 2 saturated heterocycles. The third-order valence-corrected chi connectivity index (χ3v) is 6.35. The van der Waals surface area contributed by atoms with Crippen molar-refractivity contribution in [3.8, 4) is 0 Å². The van der Waals surface area contributed by atoms with E-state index in [1.54, 1.807) is 6.07 Å². The van der Waals surface area contributed by atoms with E-state index in [-0.39, 0.29) is 5.91 Å². The van der Waals surface area contributed by atoms with Gasteiger partial charge < -0.3 is 19.6 Å². The van der Waals surface area contributed by atoms with Crippen molar-refractivity contribution >= 4 is 40.6 Å². The molecule has 0 bridgehead atoms. The monoisotopic (exact) mass is 434 g/mol. The Hall–Kier alpha value is -2.09. The molecule has 0 saturated carbocycles. The number of hydrogen-bond donors (Lipinski definition) is 0. The van der Waals surface area contributed by atoms with Crippen LogP contribution >= 0.6 is 23.2 Å². The second kappa shape index (κ2) is 8.73. The van der Waals surface area contributed by atoms with E-state index < -0.39 is 0 Å². The van der Waals surface area contributed by atoms with Crippen molar-refractivity contribution < 1.29 is 4.79 Å². The van der Waals surface area contributed by atoms with Gasteiger partial charge in [0.05, 0.1) is 15.7 Å². The zero-order chi connectivity index (χ0) is 20.4. The van der Waals surface area contributed by atoms with Crippen molar-refractivity contribution in [1.82, 2.24) is 19.8 Å². The maximum atomic E-state index is 13.0. The molecule has 1 aromatic heterocycles. The first-order valence-electron chi connectivity index (χ1n) is 9.76. The molecule has 2 aliphatic rings. The highest BCUT2D eigenvalue weighted by Gasteiger charge is 2.25. The summed E-state index contributed by atoms with van der Waals surface area (Å²) < 4.78 is 0. The second-order valence-corrected chi connectivity index (χ2v) is 8.19. The Labute approximate surface area is 180 Å². The van der Waals surface area contributed by atoms with Gasteiger partial charge in [-0.3, -0.25) is 4.79 Å².